The molecule has 1 unspecified atom stereocenters. The molecule has 0 saturated carbocycles. The standard InChI is InChI=1S/C8H9N3O2/c1-5(7(9)13)6(12)8-10-3-2-4-11-8/h2-5H,1H3,(H2,9,13). The molecule has 0 radical (unpaired) electrons. The van der Waals surface area contributed by atoms with Gasteiger partial charge in [0.2, 0.25) is 11.7 Å². The van der Waals surface area contributed by atoms with Crippen molar-refractivity contribution in [3.05, 3.63) is 24.3 Å². The van der Waals surface area contributed by atoms with E-state index in [9.17, 15) is 9.59 Å². The minimum atomic E-state index is -0.873. The molecule has 1 amide bonds. The molecule has 1 heterocycles. The van der Waals surface area contributed by atoms with Crippen LogP contribution in [0.5, 0.6) is 0 Å². The number of rotatable bonds is 3. The van der Waals surface area contributed by atoms with Gasteiger partial charge < -0.3 is 5.73 Å². The van der Waals surface area contributed by atoms with Crippen molar-refractivity contribution in [2.24, 2.45) is 11.7 Å². The zero-order valence-corrected chi connectivity index (χ0v) is 7.10. The fourth-order valence-corrected chi connectivity index (χ4v) is 0.749. The SMILES string of the molecule is CC(C(N)=O)C(=O)c1ncccn1. The van der Waals surface area contributed by atoms with E-state index in [1.54, 1.807) is 6.07 Å². The van der Waals surface area contributed by atoms with Crippen LogP contribution in [0.2, 0.25) is 0 Å². The molecule has 0 aliphatic rings. The van der Waals surface area contributed by atoms with E-state index in [-0.39, 0.29) is 5.82 Å². The molecule has 0 aromatic carbocycles. The zero-order valence-electron chi connectivity index (χ0n) is 7.10. The van der Waals surface area contributed by atoms with E-state index in [1.807, 2.05) is 0 Å². The minimum absolute atomic E-state index is 0.0220. The quantitative estimate of drug-likeness (QED) is 0.513. The minimum Gasteiger partial charge on any atom is -0.369 e. The van der Waals surface area contributed by atoms with Gasteiger partial charge in [-0.05, 0) is 13.0 Å². The predicted molar refractivity (Wildman–Crippen MR) is 44.7 cm³/mol. The average Bonchev–Trinajstić information content (AvgIpc) is 2.17. The highest BCUT2D eigenvalue weighted by Gasteiger charge is 2.21. The Morgan fingerprint density at radius 2 is 1.92 bits per heavy atom. The lowest BCUT2D eigenvalue weighted by molar-refractivity contribution is -0.120. The topological polar surface area (TPSA) is 85.9 Å². The first-order valence-electron chi connectivity index (χ1n) is 3.73. The summed E-state index contributed by atoms with van der Waals surface area (Å²) in [6.45, 7) is 1.43. The maximum absolute atomic E-state index is 11.4. The number of ketones is 1. The van der Waals surface area contributed by atoms with Crippen molar-refractivity contribution in [3.8, 4) is 0 Å². The maximum Gasteiger partial charge on any atom is 0.228 e. The van der Waals surface area contributed by atoms with Crippen LogP contribution in [-0.2, 0) is 4.79 Å². The van der Waals surface area contributed by atoms with E-state index in [0.717, 1.165) is 0 Å². The average molecular weight is 179 g/mol. The second-order valence-electron chi connectivity index (χ2n) is 2.56. The van der Waals surface area contributed by atoms with Crippen molar-refractivity contribution in [1.82, 2.24) is 9.97 Å². The van der Waals surface area contributed by atoms with Crippen LogP contribution < -0.4 is 5.73 Å². The Bertz CT molecular complexity index is 323. The Balaban J connectivity index is 2.86. The molecule has 1 atom stereocenters. The molecule has 0 bridgehead atoms. The molecule has 0 fully saturated rings. The fourth-order valence-electron chi connectivity index (χ4n) is 0.749. The van der Waals surface area contributed by atoms with Gasteiger partial charge in [0.1, 0.15) is 5.92 Å². The number of amides is 1. The van der Waals surface area contributed by atoms with Gasteiger partial charge in [0, 0.05) is 12.4 Å². The van der Waals surface area contributed by atoms with Crippen LogP contribution in [0, 0.1) is 5.92 Å². The highest BCUT2D eigenvalue weighted by Crippen LogP contribution is 2.02. The molecule has 68 valence electrons. The first kappa shape index (κ1) is 9.31. The molecule has 1 rings (SSSR count). The molecule has 2 N–H and O–H groups in total. The lowest BCUT2D eigenvalue weighted by atomic mass is 10.1. The molecule has 5 heteroatoms. The summed E-state index contributed by atoms with van der Waals surface area (Å²) >= 11 is 0. The van der Waals surface area contributed by atoms with E-state index >= 15 is 0 Å². The van der Waals surface area contributed by atoms with Crippen molar-refractivity contribution in [2.45, 2.75) is 6.92 Å². The summed E-state index contributed by atoms with van der Waals surface area (Å²) in [6, 6.07) is 1.59. The van der Waals surface area contributed by atoms with Gasteiger partial charge >= 0.3 is 0 Å². The molecule has 5 nitrogen and oxygen atoms in total. The number of nitrogens with zero attached hydrogens (tertiary/aromatic N) is 2. The van der Waals surface area contributed by atoms with Gasteiger partial charge in [-0.2, -0.15) is 0 Å². The second kappa shape index (κ2) is 3.75. The lowest BCUT2D eigenvalue weighted by Gasteiger charge is -2.03. The first-order valence-corrected chi connectivity index (χ1v) is 3.73. The van der Waals surface area contributed by atoms with Crippen LogP contribution in [0.25, 0.3) is 0 Å². The molecular weight excluding hydrogens is 170 g/mol. The Kier molecular flexibility index (Phi) is 2.69. The number of aromatic nitrogens is 2. The number of Topliss-reactive ketones (excluding diaryl/α,β-unsaturated/α-hetero) is 1. The second-order valence-corrected chi connectivity index (χ2v) is 2.56. The monoisotopic (exact) mass is 179 g/mol. The van der Waals surface area contributed by atoms with E-state index in [2.05, 4.69) is 9.97 Å². The van der Waals surface area contributed by atoms with Gasteiger partial charge in [0.25, 0.3) is 0 Å². The number of nitrogens with two attached hydrogens (primary N) is 1. The smallest absolute Gasteiger partial charge is 0.228 e. The first-order chi connectivity index (χ1) is 6.13. The fraction of sp³-hybridized carbons (Fsp3) is 0.250. The molecule has 0 saturated heterocycles. The third kappa shape index (κ3) is 2.08. The molecule has 1 aromatic rings. The van der Waals surface area contributed by atoms with Crippen LogP contribution in [-0.4, -0.2) is 21.7 Å². The third-order valence-corrected chi connectivity index (χ3v) is 1.61. The number of carbonyl (C=O) groups excluding carboxylic acids is 2. The van der Waals surface area contributed by atoms with Crippen LogP contribution in [0.3, 0.4) is 0 Å². The van der Waals surface area contributed by atoms with Crippen LogP contribution in [0.1, 0.15) is 17.5 Å². The molecule has 13 heavy (non-hydrogen) atoms. The normalized spacial score (nSPS) is 12.1. The Morgan fingerprint density at radius 1 is 1.38 bits per heavy atom. The molecule has 0 aliphatic carbocycles. The van der Waals surface area contributed by atoms with Gasteiger partial charge in [-0.3, -0.25) is 9.59 Å². The molecule has 0 aliphatic heterocycles. The summed E-state index contributed by atoms with van der Waals surface area (Å²) in [7, 11) is 0. The Labute approximate surface area is 75.0 Å². The summed E-state index contributed by atoms with van der Waals surface area (Å²) in [5.41, 5.74) is 4.96. The van der Waals surface area contributed by atoms with E-state index < -0.39 is 17.6 Å². The number of hydrogen-bond donors (Lipinski definition) is 1. The molecule has 1 aromatic heterocycles. The Morgan fingerprint density at radius 3 is 2.38 bits per heavy atom. The van der Waals surface area contributed by atoms with E-state index in [0.29, 0.717) is 0 Å². The summed E-state index contributed by atoms with van der Waals surface area (Å²) < 4.78 is 0. The molecule has 0 spiro atoms. The van der Waals surface area contributed by atoms with Crippen LogP contribution in [0.4, 0.5) is 0 Å². The summed E-state index contributed by atoms with van der Waals surface area (Å²) in [5.74, 6) is -1.97. The third-order valence-electron chi connectivity index (χ3n) is 1.61. The van der Waals surface area contributed by atoms with Crippen molar-refractivity contribution >= 4 is 11.7 Å². The lowest BCUT2D eigenvalue weighted by Crippen LogP contribution is -2.28. The van der Waals surface area contributed by atoms with Gasteiger partial charge in [0.15, 0.2) is 5.82 Å². The van der Waals surface area contributed by atoms with Crippen molar-refractivity contribution in [1.29, 1.82) is 0 Å². The summed E-state index contributed by atoms with van der Waals surface area (Å²) in [4.78, 5) is 29.4. The maximum atomic E-state index is 11.4. The van der Waals surface area contributed by atoms with Crippen LogP contribution >= 0.6 is 0 Å². The molecular formula is C8H9N3O2. The number of hydrogen-bond acceptors (Lipinski definition) is 4. The van der Waals surface area contributed by atoms with Gasteiger partial charge in [0.05, 0.1) is 0 Å². The number of carbonyl (C=O) groups is 2. The van der Waals surface area contributed by atoms with E-state index in [4.69, 9.17) is 5.73 Å². The van der Waals surface area contributed by atoms with Crippen molar-refractivity contribution in [2.75, 3.05) is 0 Å². The Hall–Kier alpha value is -1.78. The van der Waals surface area contributed by atoms with Gasteiger partial charge in [-0.1, -0.05) is 0 Å². The van der Waals surface area contributed by atoms with E-state index in [1.165, 1.54) is 19.3 Å². The highest BCUT2D eigenvalue weighted by molar-refractivity contribution is 6.07. The van der Waals surface area contributed by atoms with Gasteiger partial charge in [-0.15, -0.1) is 0 Å². The highest BCUT2D eigenvalue weighted by atomic mass is 16.2. The largest absolute Gasteiger partial charge is 0.369 e. The van der Waals surface area contributed by atoms with Crippen molar-refractivity contribution in [3.63, 3.8) is 0 Å². The van der Waals surface area contributed by atoms with Crippen molar-refractivity contribution < 1.29 is 9.59 Å². The summed E-state index contributed by atoms with van der Waals surface area (Å²) in [6.07, 6.45) is 2.88. The summed E-state index contributed by atoms with van der Waals surface area (Å²) in [5, 5.41) is 0. The predicted octanol–water partition coefficient (Wildman–Crippen LogP) is -0.219. The number of primary amides is 1. The van der Waals surface area contributed by atoms with Gasteiger partial charge in [-0.25, -0.2) is 9.97 Å². The van der Waals surface area contributed by atoms with Crippen LogP contribution in [0.15, 0.2) is 18.5 Å². The zero-order chi connectivity index (χ0) is 9.84.